The van der Waals surface area contributed by atoms with Gasteiger partial charge in [-0.05, 0) is 43.2 Å². The molecule has 0 aliphatic heterocycles. The minimum Gasteiger partial charge on any atom is -0.495 e. The lowest BCUT2D eigenvalue weighted by Crippen LogP contribution is -2.03. The normalized spacial score (nSPS) is 10.4. The van der Waals surface area contributed by atoms with Crippen LogP contribution in [0.25, 0.3) is 0 Å². The van der Waals surface area contributed by atoms with E-state index in [2.05, 4.69) is 39.7 Å². The summed E-state index contributed by atoms with van der Waals surface area (Å²) in [6.45, 7) is 4.09. The number of hydrogen-bond acceptors (Lipinski definition) is 5. The summed E-state index contributed by atoms with van der Waals surface area (Å²) in [6, 6.07) is 17.9. The van der Waals surface area contributed by atoms with Crippen molar-refractivity contribution in [2.45, 2.75) is 20.3 Å². The fourth-order valence-electron chi connectivity index (χ4n) is 2.53. The molecule has 5 heteroatoms. The number of hydrogen-bond donors (Lipinski definition) is 2. The smallest absolute Gasteiger partial charge is 0.229 e. The Labute approximate surface area is 148 Å². The van der Waals surface area contributed by atoms with E-state index in [9.17, 15) is 0 Å². The lowest BCUT2D eigenvalue weighted by molar-refractivity contribution is 0.417. The average molecular weight is 334 g/mol. The van der Waals surface area contributed by atoms with Gasteiger partial charge in [0.05, 0.1) is 12.8 Å². The molecule has 0 amide bonds. The zero-order valence-electron chi connectivity index (χ0n) is 14.7. The summed E-state index contributed by atoms with van der Waals surface area (Å²) in [4.78, 5) is 9.02. The largest absolute Gasteiger partial charge is 0.495 e. The fraction of sp³-hybridized carbons (Fsp3) is 0.200. The average Bonchev–Trinajstić information content (AvgIpc) is 2.62. The zero-order valence-corrected chi connectivity index (χ0v) is 14.7. The molecule has 25 heavy (non-hydrogen) atoms. The Morgan fingerprint density at radius 1 is 0.960 bits per heavy atom. The highest BCUT2D eigenvalue weighted by Crippen LogP contribution is 2.27. The first-order valence-electron chi connectivity index (χ1n) is 8.29. The van der Waals surface area contributed by atoms with Gasteiger partial charge < -0.3 is 15.4 Å². The summed E-state index contributed by atoms with van der Waals surface area (Å²) in [5.74, 6) is 2.04. The van der Waals surface area contributed by atoms with Crippen LogP contribution >= 0.6 is 0 Å². The van der Waals surface area contributed by atoms with Gasteiger partial charge in [0.15, 0.2) is 0 Å². The van der Waals surface area contributed by atoms with Crippen molar-refractivity contribution in [1.29, 1.82) is 0 Å². The molecule has 0 bridgehead atoms. The topological polar surface area (TPSA) is 59.1 Å². The molecule has 0 saturated heterocycles. The number of benzene rings is 2. The van der Waals surface area contributed by atoms with Gasteiger partial charge in [-0.2, -0.15) is 4.98 Å². The van der Waals surface area contributed by atoms with Gasteiger partial charge in [-0.25, -0.2) is 4.98 Å². The van der Waals surface area contributed by atoms with Crippen LogP contribution in [0.15, 0.2) is 54.6 Å². The molecule has 0 saturated carbocycles. The van der Waals surface area contributed by atoms with Crippen LogP contribution in [0.2, 0.25) is 0 Å². The molecule has 1 aromatic heterocycles. The van der Waals surface area contributed by atoms with Crippen LogP contribution in [-0.2, 0) is 6.42 Å². The molecule has 0 fully saturated rings. The molecule has 2 aromatic carbocycles. The van der Waals surface area contributed by atoms with Gasteiger partial charge >= 0.3 is 0 Å². The number of ether oxygens (including phenoxy) is 1. The van der Waals surface area contributed by atoms with E-state index in [0.29, 0.717) is 11.8 Å². The van der Waals surface area contributed by atoms with Gasteiger partial charge in [-0.3, -0.25) is 0 Å². The first-order chi connectivity index (χ1) is 12.2. The van der Waals surface area contributed by atoms with Crippen LogP contribution in [0.1, 0.15) is 18.2 Å². The Morgan fingerprint density at radius 2 is 1.72 bits per heavy atom. The molecule has 0 aliphatic rings. The Hall–Kier alpha value is -3.08. The van der Waals surface area contributed by atoms with E-state index in [0.717, 1.165) is 29.2 Å². The Kier molecular flexibility index (Phi) is 5.14. The van der Waals surface area contributed by atoms with E-state index < -0.39 is 0 Å². The molecule has 0 aliphatic carbocycles. The van der Waals surface area contributed by atoms with E-state index in [1.807, 2.05) is 49.4 Å². The predicted octanol–water partition coefficient (Wildman–Crippen LogP) is 4.84. The number of para-hydroxylation sites is 2. The van der Waals surface area contributed by atoms with Crippen molar-refractivity contribution >= 4 is 23.1 Å². The molecule has 5 nitrogen and oxygen atoms in total. The highest BCUT2D eigenvalue weighted by Gasteiger charge is 2.06. The first-order valence-corrected chi connectivity index (χ1v) is 8.29. The van der Waals surface area contributed by atoms with Gasteiger partial charge in [0.25, 0.3) is 0 Å². The van der Waals surface area contributed by atoms with E-state index in [4.69, 9.17) is 4.74 Å². The van der Waals surface area contributed by atoms with Crippen molar-refractivity contribution in [3.8, 4) is 5.75 Å². The monoisotopic (exact) mass is 334 g/mol. The van der Waals surface area contributed by atoms with Gasteiger partial charge in [-0.15, -0.1) is 0 Å². The van der Waals surface area contributed by atoms with Gasteiger partial charge in [0.1, 0.15) is 11.6 Å². The second-order valence-corrected chi connectivity index (χ2v) is 5.72. The van der Waals surface area contributed by atoms with Gasteiger partial charge in [0, 0.05) is 17.4 Å². The van der Waals surface area contributed by atoms with Gasteiger partial charge in [-0.1, -0.05) is 31.2 Å². The number of methoxy groups -OCH3 is 1. The maximum absolute atomic E-state index is 5.37. The minimum atomic E-state index is 0.557. The zero-order chi connectivity index (χ0) is 17.6. The number of rotatable bonds is 6. The summed E-state index contributed by atoms with van der Waals surface area (Å²) in [5, 5.41) is 6.55. The summed E-state index contributed by atoms with van der Waals surface area (Å²) in [5.41, 5.74) is 4.00. The molecule has 128 valence electrons. The second kappa shape index (κ2) is 7.66. The first kappa shape index (κ1) is 16.8. The number of nitrogens with one attached hydrogen (secondary N) is 2. The highest BCUT2D eigenvalue weighted by molar-refractivity contribution is 5.65. The Bertz CT molecular complexity index is 847. The standard InChI is InChI=1S/C20H22N4O/c1-4-15-9-11-16(12-10-15)22-20-21-14(2)13-19(24-20)23-17-7-5-6-8-18(17)25-3/h5-13H,4H2,1-3H3,(H2,21,22,23,24). The number of aromatic nitrogens is 2. The molecule has 2 N–H and O–H groups in total. The molecular weight excluding hydrogens is 312 g/mol. The molecule has 0 radical (unpaired) electrons. The number of anilines is 4. The molecule has 1 heterocycles. The number of nitrogens with zero attached hydrogens (tertiary/aromatic N) is 2. The SMILES string of the molecule is CCc1ccc(Nc2nc(C)cc(Nc3ccccc3OC)n2)cc1. The molecule has 3 aromatic rings. The third kappa shape index (κ3) is 4.26. The minimum absolute atomic E-state index is 0.557. The van der Waals surface area contributed by atoms with E-state index in [1.165, 1.54) is 5.56 Å². The third-order valence-corrected chi connectivity index (χ3v) is 3.84. The van der Waals surface area contributed by atoms with Crippen molar-refractivity contribution in [1.82, 2.24) is 9.97 Å². The Morgan fingerprint density at radius 3 is 2.44 bits per heavy atom. The fourth-order valence-corrected chi connectivity index (χ4v) is 2.53. The molecule has 0 spiro atoms. The Balaban J connectivity index is 1.82. The van der Waals surface area contributed by atoms with Crippen LogP contribution in [0.4, 0.5) is 23.1 Å². The molecular formula is C20H22N4O. The lowest BCUT2D eigenvalue weighted by atomic mass is 10.1. The quantitative estimate of drug-likeness (QED) is 0.675. The number of aryl methyl sites for hydroxylation is 2. The lowest BCUT2D eigenvalue weighted by Gasteiger charge is -2.12. The molecule has 0 atom stereocenters. The van der Waals surface area contributed by atoms with Crippen molar-refractivity contribution < 1.29 is 4.74 Å². The third-order valence-electron chi connectivity index (χ3n) is 3.84. The van der Waals surface area contributed by atoms with Crippen LogP contribution in [0, 0.1) is 6.92 Å². The van der Waals surface area contributed by atoms with Crippen LogP contribution in [-0.4, -0.2) is 17.1 Å². The molecule has 3 rings (SSSR count). The van der Waals surface area contributed by atoms with Gasteiger partial charge in [0.2, 0.25) is 5.95 Å². The van der Waals surface area contributed by atoms with E-state index in [-0.39, 0.29) is 0 Å². The second-order valence-electron chi connectivity index (χ2n) is 5.72. The maximum Gasteiger partial charge on any atom is 0.229 e. The summed E-state index contributed by atoms with van der Waals surface area (Å²) >= 11 is 0. The van der Waals surface area contributed by atoms with Crippen LogP contribution < -0.4 is 15.4 Å². The predicted molar refractivity (Wildman–Crippen MR) is 102 cm³/mol. The van der Waals surface area contributed by atoms with E-state index in [1.54, 1.807) is 7.11 Å². The summed E-state index contributed by atoms with van der Waals surface area (Å²) < 4.78 is 5.37. The summed E-state index contributed by atoms with van der Waals surface area (Å²) in [6.07, 6.45) is 1.02. The molecule has 0 unspecified atom stereocenters. The van der Waals surface area contributed by atoms with Crippen LogP contribution in [0.3, 0.4) is 0 Å². The summed E-state index contributed by atoms with van der Waals surface area (Å²) in [7, 11) is 1.65. The van der Waals surface area contributed by atoms with Crippen molar-refractivity contribution in [3.05, 3.63) is 65.9 Å². The maximum atomic E-state index is 5.37. The van der Waals surface area contributed by atoms with Crippen molar-refractivity contribution in [2.24, 2.45) is 0 Å². The highest BCUT2D eigenvalue weighted by atomic mass is 16.5. The van der Waals surface area contributed by atoms with Crippen molar-refractivity contribution in [2.75, 3.05) is 17.7 Å². The van der Waals surface area contributed by atoms with Crippen molar-refractivity contribution in [3.63, 3.8) is 0 Å². The van der Waals surface area contributed by atoms with Crippen LogP contribution in [0.5, 0.6) is 5.75 Å². The van der Waals surface area contributed by atoms with E-state index >= 15 is 0 Å².